The van der Waals surface area contributed by atoms with Crippen molar-refractivity contribution in [3.8, 4) is 23.0 Å². The summed E-state index contributed by atoms with van der Waals surface area (Å²) in [6.45, 7) is 2.57. The van der Waals surface area contributed by atoms with E-state index in [2.05, 4.69) is 15.8 Å². The third-order valence-corrected chi connectivity index (χ3v) is 5.27. The van der Waals surface area contributed by atoms with E-state index in [4.69, 9.17) is 30.5 Å². The number of fused-ring (bicyclic) bond motifs is 1. The number of hydrogen-bond donors (Lipinski definition) is 2. The predicted octanol–water partition coefficient (Wildman–Crippen LogP) is 3.93. The Balaban J connectivity index is 1.28. The molecule has 0 aliphatic carbocycles. The molecule has 1 aliphatic rings. The van der Waals surface area contributed by atoms with Crippen LogP contribution in [0, 0.1) is 0 Å². The van der Waals surface area contributed by atoms with Crippen LogP contribution in [0.15, 0.2) is 65.8 Å². The van der Waals surface area contributed by atoms with Crippen LogP contribution in [-0.2, 0) is 11.4 Å². The highest BCUT2D eigenvalue weighted by molar-refractivity contribution is 6.30. The molecule has 186 valence electrons. The Labute approximate surface area is 213 Å². The van der Waals surface area contributed by atoms with Crippen LogP contribution in [-0.4, -0.2) is 38.0 Å². The molecule has 0 aromatic heterocycles. The molecular weight excluding hydrogens is 486 g/mol. The molecule has 3 aromatic rings. The van der Waals surface area contributed by atoms with Gasteiger partial charge < -0.3 is 24.3 Å². The average molecular weight is 510 g/mol. The first-order valence-corrected chi connectivity index (χ1v) is 11.5. The third kappa shape index (κ3) is 6.67. The molecule has 2 N–H and O–H groups in total. The van der Waals surface area contributed by atoms with Gasteiger partial charge in [-0.05, 0) is 66.6 Å². The quantitative estimate of drug-likeness (QED) is 0.317. The molecule has 10 heteroatoms. The number of ether oxygens (including phenoxy) is 4. The summed E-state index contributed by atoms with van der Waals surface area (Å²) in [5, 5.41) is 7.15. The molecule has 1 heterocycles. The van der Waals surface area contributed by atoms with E-state index in [-0.39, 0.29) is 13.3 Å². The molecule has 0 saturated carbocycles. The molecule has 4 rings (SSSR count). The molecule has 1 aliphatic heterocycles. The molecule has 0 atom stereocenters. The highest BCUT2D eigenvalue weighted by Gasteiger charge is 2.16. The van der Waals surface area contributed by atoms with E-state index >= 15 is 0 Å². The van der Waals surface area contributed by atoms with Crippen LogP contribution in [0.1, 0.15) is 28.4 Å². The summed E-state index contributed by atoms with van der Waals surface area (Å²) in [4.78, 5) is 24.4. The maximum Gasteiger partial charge on any atom is 0.259 e. The number of carbonyl (C=O) groups excluding carboxylic acids is 2. The summed E-state index contributed by atoms with van der Waals surface area (Å²) >= 11 is 5.92. The van der Waals surface area contributed by atoms with Gasteiger partial charge in [0.05, 0.1) is 19.4 Å². The number of carbonyl (C=O) groups is 2. The van der Waals surface area contributed by atoms with E-state index < -0.39 is 11.8 Å². The second-order valence-electron chi connectivity index (χ2n) is 7.60. The molecule has 0 fully saturated rings. The lowest BCUT2D eigenvalue weighted by Gasteiger charge is -2.12. The standard InChI is InChI=1S/C26H24ClN3O6/c1-2-33-23-11-18(5-9-21(23)34-15-17-3-7-20(27)8-4-17)13-29-30-25(31)14-28-26(32)19-6-10-22-24(12-19)36-16-35-22/h3-13H,2,14-16H2,1H3,(H,28,32)(H,30,31)/b29-13+. The number of benzene rings is 3. The van der Waals surface area contributed by atoms with E-state index in [1.165, 1.54) is 6.21 Å². The normalized spacial score (nSPS) is 11.8. The number of amides is 2. The lowest BCUT2D eigenvalue weighted by atomic mass is 10.2. The van der Waals surface area contributed by atoms with Crippen molar-refractivity contribution in [1.29, 1.82) is 0 Å². The van der Waals surface area contributed by atoms with E-state index in [0.29, 0.717) is 52.4 Å². The first-order chi connectivity index (χ1) is 17.5. The van der Waals surface area contributed by atoms with Crippen molar-refractivity contribution < 1.29 is 28.5 Å². The maximum atomic E-state index is 12.3. The number of nitrogens with zero attached hydrogens (tertiary/aromatic N) is 1. The van der Waals surface area contributed by atoms with Crippen LogP contribution in [0.3, 0.4) is 0 Å². The number of halogens is 1. The Morgan fingerprint density at radius 3 is 2.61 bits per heavy atom. The van der Waals surface area contributed by atoms with Gasteiger partial charge in [-0.2, -0.15) is 5.10 Å². The van der Waals surface area contributed by atoms with Gasteiger partial charge in [-0.15, -0.1) is 0 Å². The smallest absolute Gasteiger partial charge is 0.259 e. The van der Waals surface area contributed by atoms with Crippen LogP contribution in [0.4, 0.5) is 0 Å². The second kappa shape index (κ2) is 11.9. The number of hydrogen-bond acceptors (Lipinski definition) is 7. The van der Waals surface area contributed by atoms with Gasteiger partial charge in [0.2, 0.25) is 6.79 Å². The van der Waals surface area contributed by atoms with Crippen molar-refractivity contribution >= 4 is 29.6 Å². The predicted molar refractivity (Wildman–Crippen MR) is 134 cm³/mol. The zero-order valence-corrected chi connectivity index (χ0v) is 20.2. The van der Waals surface area contributed by atoms with Crippen LogP contribution in [0.5, 0.6) is 23.0 Å². The zero-order chi connectivity index (χ0) is 25.3. The lowest BCUT2D eigenvalue weighted by molar-refractivity contribution is -0.120. The van der Waals surface area contributed by atoms with Gasteiger partial charge in [-0.25, -0.2) is 5.43 Å². The Morgan fingerprint density at radius 1 is 1.00 bits per heavy atom. The molecule has 0 unspecified atom stereocenters. The summed E-state index contributed by atoms with van der Waals surface area (Å²) in [5.41, 5.74) is 4.41. The van der Waals surface area contributed by atoms with Crippen LogP contribution in [0.25, 0.3) is 0 Å². The van der Waals surface area contributed by atoms with E-state index in [9.17, 15) is 9.59 Å². The van der Waals surface area contributed by atoms with Crippen molar-refractivity contribution in [3.63, 3.8) is 0 Å². The van der Waals surface area contributed by atoms with Crippen molar-refractivity contribution in [1.82, 2.24) is 10.7 Å². The summed E-state index contributed by atoms with van der Waals surface area (Å²) in [6, 6.07) is 17.5. The summed E-state index contributed by atoms with van der Waals surface area (Å²) < 4.78 is 22.1. The molecule has 0 spiro atoms. The number of rotatable bonds is 10. The molecule has 3 aromatic carbocycles. The number of nitrogens with one attached hydrogen (secondary N) is 2. The fourth-order valence-corrected chi connectivity index (χ4v) is 3.38. The lowest BCUT2D eigenvalue weighted by Crippen LogP contribution is -2.34. The molecular formula is C26H24ClN3O6. The summed E-state index contributed by atoms with van der Waals surface area (Å²) in [5.74, 6) is 1.31. The minimum atomic E-state index is -0.478. The molecule has 9 nitrogen and oxygen atoms in total. The van der Waals surface area contributed by atoms with Gasteiger partial charge in [-0.1, -0.05) is 23.7 Å². The van der Waals surface area contributed by atoms with Crippen LogP contribution < -0.4 is 29.7 Å². The molecule has 0 saturated heterocycles. The second-order valence-corrected chi connectivity index (χ2v) is 8.03. The summed E-state index contributed by atoms with van der Waals surface area (Å²) in [7, 11) is 0. The van der Waals surface area contributed by atoms with Crippen molar-refractivity contribution in [2.45, 2.75) is 13.5 Å². The van der Waals surface area contributed by atoms with Gasteiger partial charge in [0.1, 0.15) is 6.61 Å². The van der Waals surface area contributed by atoms with Crippen molar-refractivity contribution in [3.05, 3.63) is 82.4 Å². The summed E-state index contributed by atoms with van der Waals surface area (Å²) in [6.07, 6.45) is 1.48. The van der Waals surface area contributed by atoms with Gasteiger partial charge >= 0.3 is 0 Å². The van der Waals surface area contributed by atoms with Crippen molar-refractivity contribution in [2.75, 3.05) is 19.9 Å². The van der Waals surface area contributed by atoms with E-state index in [1.807, 2.05) is 19.1 Å². The third-order valence-electron chi connectivity index (χ3n) is 5.02. The Hall–Kier alpha value is -4.24. The highest BCUT2D eigenvalue weighted by Crippen LogP contribution is 2.32. The monoisotopic (exact) mass is 509 g/mol. The van der Waals surface area contributed by atoms with E-state index in [1.54, 1.807) is 48.5 Å². The average Bonchev–Trinajstić information content (AvgIpc) is 3.36. The van der Waals surface area contributed by atoms with Gasteiger partial charge in [0, 0.05) is 10.6 Å². The number of hydrazone groups is 1. The Morgan fingerprint density at radius 2 is 1.81 bits per heavy atom. The Kier molecular flexibility index (Phi) is 8.25. The molecule has 0 bridgehead atoms. The Bertz CT molecular complexity index is 1260. The largest absolute Gasteiger partial charge is 0.490 e. The fourth-order valence-electron chi connectivity index (χ4n) is 3.25. The highest BCUT2D eigenvalue weighted by atomic mass is 35.5. The van der Waals surface area contributed by atoms with Crippen molar-refractivity contribution in [2.24, 2.45) is 5.10 Å². The van der Waals surface area contributed by atoms with E-state index in [0.717, 1.165) is 5.56 Å². The van der Waals surface area contributed by atoms with Gasteiger partial charge in [0.15, 0.2) is 23.0 Å². The minimum absolute atomic E-state index is 0.117. The molecule has 36 heavy (non-hydrogen) atoms. The topological polar surface area (TPSA) is 107 Å². The fraction of sp³-hybridized carbons (Fsp3) is 0.192. The first kappa shape index (κ1) is 24.9. The van der Waals surface area contributed by atoms with Crippen LogP contribution >= 0.6 is 11.6 Å². The first-order valence-electron chi connectivity index (χ1n) is 11.2. The SMILES string of the molecule is CCOc1cc(/C=N/NC(=O)CNC(=O)c2ccc3c(c2)OCO3)ccc1OCc1ccc(Cl)cc1. The maximum absolute atomic E-state index is 12.3. The van der Waals surface area contributed by atoms with Gasteiger partial charge in [0.25, 0.3) is 11.8 Å². The molecule has 0 radical (unpaired) electrons. The minimum Gasteiger partial charge on any atom is -0.490 e. The zero-order valence-electron chi connectivity index (χ0n) is 19.5. The van der Waals surface area contributed by atoms with Crippen LogP contribution in [0.2, 0.25) is 5.02 Å². The van der Waals surface area contributed by atoms with Gasteiger partial charge in [-0.3, -0.25) is 9.59 Å². The molecule has 2 amide bonds.